The fourth-order valence-electron chi connectivity index (χ4n) is 4.28. The Kier molecular flexibility index (Phi) is 8.01. The number of carboxylic acid groups (broad SMARTS) is 1. The van der Waals surface area contributed by atoms with E-state index in [1.807, 2.05) is 6.07 Å². The molecular weight excluding hydrogens is 344 g/mol. The summed E-state index contributed by atoms with van der Waals surface area (Å²) in [4.78, 5) is 17.1. The first kappa shape index (κ1) is 20.8. The predicted octanol–water partition coefficient (Wildman–Crippen LogP) is 4.73. The van der Waals surface area contributed by atoms with Crippen molar-refractivity contribution in [3.63, 3.8) is 0 Å². The monoisotopic (exact) mass is 376 g/mol. The minimum atomic E-state index is -1.23. The Bertz CT molecular complexity index is 585. The third-order valence-electron chi connectivity index (χ3n) is 5.86. The van der Waals surface area contributed by atoms with Crippen LogP contribution in [0.15, 0.2) is 24.4 Å². The van der Waals surface area contributed by atoms with Crippen LogP contribution in [-0.2, 0) is 10.2 Å². The maximum Gasteiger partial charge on any atom is 0.322 e. The topological polar surface area (TPSA) is 62.2 Å². The first-order chi connectivity index (χ1) is 12.5. The molecule has 2 N–H and O–H groups in total. The molecule has 144 valence electrons. The Hall–Kier alpha value is -1.49. The second-order valence-electron chi connectivity index (χ2n) is 7.59. The average molecular weight is 377 g/mol. The molecule has 1 heterocycles. The molecule has 0 bridgehead atoms. The van der Waals surface area contributed by atoms with Gasteiger partial charge in [0.15, 0.2) is 5.41 Å². The van der Waals surface area contributed by atoms with E-state index >= 15 is 0 Å². The first-order valence-electron chi connectivity index (χ1n) is 9.91. The number of nitrogens with one attached hydrogen (secondary N) is 1. The maximum atomic E-state index is 12.4. The number of unbranched alkanes of at least 4 members (excludes halogenated alkanes) is 2. The number of rotatable bonds is 9. The van der Waals surface area contributed by atoms with Gasteiger partial charge >= 0.3 is 5.97 Å². The molecule has 0 aliphatic heterocycles. The second-order valence-corrected chi connectivity index (χ2v) is 8.00. The SMILES string of the molecule is CCCCC[C@H]1CC[C@H](CC(C(=O)O)(C(=S)NC)c2ccccn2)CC1. The predicted molar refractivity (Wildman–Crippen MR) is 109 cm³/mol. The molecule has 2 rings (SSSR count). The number of aliphatic carboxylic acids is 1. The lowest BCUT2D eigenvalue weighted by atomic mass is 9.70. The van der Waals surface area contributed by atoms with E-state index in [-0.39, 0.29) is 0 Å². The number of aromatic nitrogens is 1. The minimum Gasteiger partial charge on any atom is -0.480 e. The third-order valence-corrected chi connectivity index (χ3v) is 6.41. The van der Waals surface area contributed by atoms with E-state index in [0.717, 1.165) is 18.8 Å². The molecule has 1 aliphatic rings. The van der Waals surface area contributed by atoms with Crippen LogP contribution in [-0.4, -0.2) is 28.1 Å². The van der Waals surface area contributed by atoms with Crippen LogP contribution in [0.4, 0.5) is 0 Å². The van der Waals surface area contributed by atoms with Gasteiger partial charge in [-0.25, -0.2) is 0 Å². The summed E-state index contributed by atoms with van der Waals surface area (Å²) in [6.07, 6.45) is 12.0. The molecule has 0 amide bonds. The van der Waals surface area contributed by atoms with Gasteiger partial charge in [0, 0.05) is 13.2 Å². The highest BCUT2D eigenvalue weighted by Gasteiger charge is 2.47. The normalized spacial score (nSPS) is 22.4. The lowest BCUT2D eigenvalue weighted by Crippen LogP contribution is -2.50. The van der Waals surface area contributed by atoms with Crippen LogP contribution in [0.2, 0.25) is 0 Å². The molecule has 1 aromatic rings. The van der Waals surface area contributed by atoms with Crippen LogP contribution in [0, 0.1) is 11.8 Å². The summed E-state index contributed by atoms with van der Waals surface area (Å²) in [7, 11) is 1.70. The largest absolute Gasteiger partial charge is 0.480 e. The lowest BCUT2D eigenvalue weighted by Gasteiger charge is -2.36. The van der Waals surface area contributed by atoms with E-state index in [2.05, 4.69) is 17.2 Å². The quantitative estimate of drug-likeness (QED) is 0.482. The molecule has 26 heavy (non-hydrogen) atoms. The molecule has 0 spiro atoms. The maximum absolute atomic E-state index is 12.4. The molecular formula is C21H32N2O2S. The molecule has 1 saturated carbocycles. The van der Waals surface area contributed by atoms with Crippen molar-refractivity contribution in [1.82, 2.24) is 10.3 Å². The summed E-state index contributed by atoms with van der Waals surface area (Å²) < 4.78 is 0. The number of thiocarbonyl (C=S) groups is 1. The molecule has 1 fully saturated rings. The van der Waals surface area contributed by atoms with Gasteiger partial charge in [0.25, 0.3) is 0 Å². The zero-order valence-corrected chi connectivity index (χ0v) is 16.9. The van der Waals surface area contributed by atoms with Gasteiger partial charge in [0.1, 0.15) is 0 Å². The summed E-state index contributed by atoms with van der Waals surface area (Å²) in [6.45, 7) is 2.24. The smallest absolute Gasteiger partial charge is 0.322 e. The van der Waals surface area contributed by atoms with Gasteiger partial charge in [-0.05, 0) is 30.4 Å². The van der Waals surface area contributed by atoms with Crippen molar-refractivity contribution in [2.24, 2.45) is 11.8 Å². The van der Waals surface area contributed by atoms with Crippen molar-refractivity contribution in [3.8, 4) is 0 Å². The summed E-state index contributed by atoms with van der Waals surface area (Å²) in [6, 6.07) is 5.43. The Morgan fingerprint density at radius 2 is 1.96 bits per heavy atom. The van der Waals surface area contributed by atoms with Crippen molar-refractivity contribution < 1.29 is 9.90 Å². The number of pyridine rings is 1. The molecule has 4 nitrogen and oxygen atoms in total. The standard InChI is InChI=1S/C21H32N2O2S/c1-3-4-5-8-16-10-12-17(13-11-16)15-21(20(24)25,19(26)22-2)18-9-6-7-14-23-18/h6-7,9,14,16-17H,3-5,8,10-13,15H2,1-2H3,(H,22,26)(H,24,25)/t16-,17-,21?. The summed E-state index contributed by atoms with van der Waals surface area (Å²) in [5.41, 5.74) is -0.692. The molecule has 0 aromatic carbocycles. The number of carbonyl (C=O) groups is 1. The fraction of sp³-hybridized carbons (Fsp3) is 0.667. The van der Waals surface area contributed by atoms with Gasteiger partial charge in [-0.15, -0.1) is 0 Å². The Balaban J connectivity index is 2.11. The van der Waals surface area contributed by atoms with Crippen LogP contribution >= 0.6 is 12.2 Å². The zero-order chi connectivity index (χ0) is 19.0. The first-order valence-corrected chi connectivity index (χ1v) is 10.3. The number of carboxylic acids is 1. The number of nitrogens with zero attached hydrogens (tertiary/aromatic N) is 1. The lowest BCUT2D eigenvalue weighted by molar-refractivity contribution is -0.142. The van der Waals surface area contributed by atoms with E-state index < -0.39 is 11.4 Å². The van der Waals surface area contributed by atoms with E-state index in [0.29, 0.717) is 23.0 Å². The average Bonchev–Trinajstić information content (AvgIpc) is 2.67. The van der Waals surface area contributed by atoms with Crippen LogP contribution in [0.3, 0.4) is 0 Å². The van der Waals surface area contributed by atoms with Crippen LogP contribution in [0.25, 0.3) is 0 Å². The van der Waals surface area contributed by atoms with Crippen molar-refractivity contribution in [2.45, 2.75) is 70.1 Å². The third kappa shape index (κ3) is 4.81. The molecule has 1 unspecified atom stereocenters. The fourth-order valence-corrected chi connectivity index (χ4v) is 4.55. The van der Waals surface area contributed by atoms with Gasteiger partial charge in [-0.2, -0.15) is 0 Å². The van der Waals surface area contributed by atoms with Crippen molar-refractivity contribution in [1.29, 1.82) is 0 Å². The van der Waals surface area contributed by atoms with E-state index in [9.17, 15) is 9.90 Å². The van der Waals surface area contributed by atoms with E-state index in [4.69, 9.17) is 12.2 Å². The Labute approximate surface area is 162 Å². The molecule has 1 atom stereocenters. The van der Waals surface area contributed by atoms with Crippen molar-refractivity contribution in [3.05, 3.63) is 30.1 Å². The highest BCUT2D eigenvalue weighted by atomic mass is 32.1. The number of hydrogen-bond donors (Lipinski definition) is 2. The van der Waals surface area contributed by atoms with Crippen LogP contribution < -0.4 is 5.32 Å². The minimum absolute atomic E-state index is 0.355. The van der Waals surface area contributed by atoms with Crippen LogP contribution in [0.5, 0.6) is 0 Å². The summed E-state index contributed by atoms with van der Waals surface area (Å²) in [5.74, 6) is 0.283. The zero-order valence-electron chi connectivity index (χ0n) is 16.0. The molecule has 1 aliphatic carbocycles. The van der Waals surface area contributed by atoms with Gasteiger partial charge < -0.3 is 10.4 Å². The van der Waals surface area contributed by atoms with E-state index in [1.54, 1.807) is 25.4 Å². The Morgan fingerprint density at radius 1 is 1.27 bits per heavy atom. The van der Waals surface area contributed by atoms with E-state index in [1.165, 1.54) is 38.5 Å². The number of likely N-dealkylation sites (N-methyl/N-ethyl adjacent to an activating group) is 1. The van der Waals surface area contributed by atoms with Crippen LogP contribution in [0.1, 0.15) is 70.4 Å². The van der Waals surface area contributed by atoms with Crippen molar-refractivity contribution in [2.75, 3.05) is 7.05 Å². The molecule has 0 saturated heterocycles. The van der Waals surface area contributed by atoms with Gasteiger partial charge in [0.2, 0.25) is 0 Å². The van der Waals surface area contributed by atoms with Crippen molar-refractivity contribution >= 4 is 23.2 Å². The Morgan fingerprint density at radius 3 is 2.50 bits per heavy atom. The molecule has 1 aromatic heterocycles. The molecule has 5 heteroatoms. The second kappa shape index (κ2) is 10.0. The summed E-state index contributed by atoms with van der Waals surface area (Å²) in [5, 5.41) is 13.1. The number of hydrogen-bond acceptors (Lipinski definition) is 3. The van der Waals surface area contributed by atoms with Gasteiger partial charge in [-0.1, -0.05) is 76.6 Å². The molecule has 0 radical (unpaired) electrons. The van der Waals surface area contributed by atoms with Gasteiger partial charge in [0.05, 0.1) is 10.7 Å². The summed E-state index contributed by atoms with van der Waals surface area (Å²) >= 11 is 5.48. The highest BCUT2D eigenvalue weighted by molar-refractivity contribution is 7.80. The van der Waals surface area contributed by atoms with Gasteiger partial charge in [-0.3, -0.25) is 9.78 Å². The highest BCUT2D eigenvalue weighted by Crippen LogP contribution is 2.40.